The zero-order valence-corrected chi connectivity index (χ0v) is 23.6. The molecule has 0 unspecified atom stereocenters. The molecule has 0 saturated carbocycles. The summed E-state index contributed by atoms with van der Waals surface area (Å²) in [6.45, 7) is 7.74. The Bertz CT molecular complexity index is 1160. The van der Waals surface area contributed by atoms with E-state index in [0.717, 1.165) is 63.5 Å². The number of amides is 2. The Morgan fingerprint density at radius 1 is 1.05 bits per heavy atom. The maximum absolute atomic E-state index is 13.6. The van der Waals surface area contributed by atoms with Crippen LogP contribution >= 0.6 is 15.9 Å². The number of hydrogen-bond acceptors (Lipinski definition) is 4. The number of likely N-dealkylation sites (tertiary alicyclic amines) is 1. The third kappa shape index (κ3) is 7.58. The number of likely N-dealkylation sites (N-methyl/N-ethyl adjacent to an activating group) is 1. The second-order valence-corrected chi connectivity index (χ2v) is 11.3. The molecule has 0 radical (unpaired) electrons. The van der Waals surface area contributed by atoms with Crippen LogP contribution in [0.1, 0.15) is 40.7 Å². The van der Waals surface area contributed by atoms with Crippen molar-refractivity contribution in [1.82, 2.24) is 19.6 Å². The van der Waals surface area contributed by atoms with Crippen LogP contribution in [0.2, 0.25) is 0 Å². The van der Waals surface area contributed by atoms with Gasteiger partial charge >= 0.3 is 6.18 Å². The van der Waals surface area contributed by atoms with Gasteiger partial charge in [0.1, 0.15) is 5.82 Å². The zero-order valence-electron chi connectivity index (χ0n) is 22.1. The number of halogens is 5. The van der Waals surface area contributed by atoms with Crippen LogP contribution in [0, 0.1) is 5.82 Å². The summed E-state index contributed by atoms with van der Waals surface area (Å²) < 4.78 is 53.6. The minimum absolute atomic E-state index is 0.0486. The first-order valence-electron chi connectivity index (χ1n) is 13.0. The molecule has 0 aromatic heterocycles. The summed E-state index contributed by atoms with van der Waals surface area (Å²) in [5, 5.41) is 0. The second kappa shape index (κ2) is 12.3. The maximum Gasteiger partial charge on any atom is 0.416 e. The summed E-state index contributed by atoms with van der Waals surface area (Å²) in [6, 6.07) is 9.82. The molecule has 2 saturated heterocycles. The highest BCUT2D eigenvalue weighted by atomic mass is 79.9. The van der Waals surface area contributed by atoms with Gasteiger partial charge in [0, 0.05) is 81.8 Å². The molecule has 2 fully saturated rings. The summed E-state index contributed by atoms with van der Waals surface area (Å²) in [6.07, 6.45) is -3.86. The molecule has 0 N–H and O–H groups in total. The Morgan fingerprint density at radius 3 is 2.28 bits per heavy atom. The Hall–Kier alpha value is -2.50. The van der Waals surface area contributed by atoms with Gasteiger partial charge in [-0.15, -0.1) is 0 Å². The van der Waals surface area contributed by atoms with Gasteiger partial charge in [0.15, 0.2) is 0 Å². The molecule has 2 amide bonds. The summed E-state index contributed by atoms with van der Waals surface area (Å²) >= 11 is 3.08. The Labute approximate surface area is 234 Å². The van der Waals surface area contributed by atoms with Crippen LogP contribution in [0.5, 0.6) is 0 Å². The third-order valence-electron chi connectivity index (χ3n) is 7.66. The molecule has 0 spiro atoms. The van der Waals surface area contributed by atoms with E-state index < -0.39 is 17.6 Å². The van der Waals surface area contributed by atoms with Crippen molar-refractivity contribution in [2.24, 2.45) is 0 Å². The summed E-state index contributed by atoms with van der Waals surface area (Å²) in [5.74, 6) is -0.873. The molecule has 11 heteroatoms. The van der Waals surface area contributed by atoms with Crippen molar-refractivity contribution < 1.29 is 27.2 Å². The number of nitrogens with zero attached hydrogens (tertiary/aromatic N) is 4. The van der Waals surface area contributed by atoms with Crippen molar-refractivity contribution in [2.45, 2.75) is 31.5 Å². The first-order valence-corrected chi connectivity index (χ1v) is 13.8. The predicted molar refractivity (Wildman–Crippen MR) is 144 cm³/mol. The van der Waals surface area contributed by atoms with Gasteiger partial charge in [-0.2, -0.15) is 13.2 Å². The van der Waals surface area contributed by atoms with Crippen LogP contribution < -0.4 is 0 Å². The Kier molecular flexibility index (Phi) is 9.33. The van der Waals surface area contributed by atoms with Crippen LogP contribution in [0.25, 0.3) is 0 Å². The first kappa shape index (κ1) is 29.5. The molecule has 2 aliphatic rings. The molecule has 2 aromatic rings. The highest BCUT2D eigenvalue weighted by molar-refractivity contribution is 9.10. The van der Waals surface area contributed by atoms with Gasteiger partial charge in [-0.25, -0.2) is 4.39 Å². The van der Waals surface area contributed by atoms with E-state index in [4.69, 9.17) is 0 Å². The number of carbonyl (C=O) groups is 2. The van der Waals surface area contributed by atoms with Gasteiger partial charge < -0.3 is 14.7 Å². The van der Waals surface area contributed by atoms with Crippen molar-refractivity contribution in [3.8, 4) is 0 Å². The lowest BCUT2D eigenvalue weighted by molar-refractivity contribution is -0.137. The monoisotopic (exact) mass is 612 g/mol. The van der Waals surface area contributed by atoms with Gasteiger partial charge in [-0.1, -0.05) is 28.1 Å². The van der Waals surface area contributed by atoms with E-state index in [1.54, 1.807) is 26.1 Å². The topological polar surface area (TPSA) is 47.1 Å². The molecule has 2 heterocycles. The van der Waals surface area contributed by atoms with Crippen molar-refractivity contribution >= 4 is 27.7 Å². The largest absolute Gasteiger partial charge is 0.416 e. The van der Waals surface area contributed by atoms with Crippen LogP contribution in [0.4, 0.5) is 17.6 Å². The summed E-state index contributed by atoms with van der Waals surface area (Å²) in [5.41, 5.74) is -0.0648. The fraction of sp³-hybridized carbons (Fsp3) is 0.500. The summed E-state index contributed by atoms with van der Waals surface area (Å²) in [7, 11) is 1.58. The average Bonchev–Trinajstić information content (AvgIpc) is 2.86. The average molecular weight is 613 g/mol. The van der Waals surface area contributed by atoms with E-state index in [0.29, 0.717) is 12.5 Å². The van der Waals surface area contributed by atoms with Gasteiger partial charge in [-0.05, 0) is 48.9 Å². The van der Waals surface area contributed by atoms with E-state index in [9.17, 15) is 27.2 Å². The quantitative estimate of drug-likeness (QED) is 0.406. The van der Waals surface area contributed by atoms with Crippen LogP contribution in [-0.2, 0) is 11.0 Å². The van der Waals surface area contributed by atoms with Crippen molar-refractivity contribution in [3.63, 3.8) is 0 Å². The van der Waals surface area contributed by atoms with Crippen LogP contribution in [0.15, 0.2) is 46.9 Å². The lowest BCUT2D eigenvalue weighted by atomic mass is 9.93. The number of rotatable bonds is 8. The first-order chi connectivity index (χ1) is 18.4. The molecule has 1 atom stereocenters. The smallest absolute Gasteiger partial charge is 0.341 e. The minimum atomic E-state index is -4.57. The maximum atomic E-state index is 13.6. The van der Waals surface area contributed by atoms with E-state index in [1.165, 1.54) is 23.1 Å². The zero-order chi connectivity index (χ0) is 28.3. The lowest BCUT2D eigenvalue weighted by Crippen LogP contribution is -2.63. The molecule has 2 aliphatic heterocycles. The van der Waals surface area contributed by atoms with Gasteiger partial charge in [0.2, 0.25) is 5.91 Å². The van der Waals surface area contributed by atoms with Crippen LogP contribution in [0.3, 0.4) is 0 Å². The molecular formula is C28H33BrF4N4O2. The molecule has 4 rings (SSSR count). The highest BCUT2D eigenvalue weighted by Crippen LogP contribution is 2.32. The van der Waals surface area contributed by atoms with Crippen molar-refractivity contribution in [2.75, 3.05) is 59.4 Å². The molecule has 0 aliphatic carbocycles. The molecule has 212 valence electrons. The summed E-state index contributed by atoms with van der Waals surface area (Å²) in [4.78, 5) is 32.8. The number of hydrogen-bond donors (Lipinski definition) is 0. The molecular weight excluding hydrogens is 580 g/mol. The number of carbonyl (C=O) groups excluding carboxylic acids is 2. The van der Waals surface area contributed by atoms with E-state index in [-0.39, 0.29) is 34.2 Å². The fourth-order valence-electron chi connectivity index (χ4n) is 5.31. The molecule has 2 aromatic carbocycles. The Morgan fingerprint density at radius 2 is 1.69 bits per heavy atom. The lowest BCUT2D eigenvalue weighted by Gasteiger charge is -2.48. The normalized spacial score (nSPS) is 18.1. The SMILES string of the molecule is CC(=O)N1CCN(C2CN(CC[C@H](CN(C)C(=O)c3cc(Br)cc(C(F)(F)F)c3)c3ccc(F)cc3)C2)CC1. The van der Waals surface area contributed by atoms with Gasteiger partial charge in [0.05, 0.1) is 5.56 Å². The number of piperazine rings is 1. The van der Waals surface area contributed by atoms with Gasteiger partial charge in [0.25, 0.3) is 5.91 Å². The Balaban J connectivity index is 1.37. The molecule has 6 nitrogen and oxygen atoms in total. The van der Waals surface area contributed by atoms with Gasteiger partial charge in [-0.3, -0.25) is 14.5 Å². The van der Waals surface area contributed by atoms with E-state index in [2.05, 4.69) is 25.7 Å². The van der Waals surface area contributed by atoms with Crippen molar-refractivity contribution in [3.05, 3.63) is 69.4 Å². The van der Waals surface area contributed by atoms with Crippen LogP contribution in [-0.4, -0.2) is 96.9 Å². The third-order valence-corrected chi connectivity index (χ3v) is 8.12. The number of alkyl halides is 3. The van der Waals surface area contributed by atoms with E-state index in [1.807, 2.05) is 4.90 Å². The predicted octanol–water partition coefficient (Wildman–Crippen LogP) is 4.70. The number of benzene rings is 2. The van der Waals surface area contributed by atoms with E-state index >= 15 is 0 Å². The molecule has 0 bridgehead atoms. The molecule has 39 heavy (non-hydrogen) atoms. The second-order valence-electron chi connectivity index (χ2n) is 10.4. The van der Waals surface area contributed by atoms with Crippen molar-refractivity contribution in [1.29, 1.82) is 0 Å². The minimum Gasteiger partial charge on any atom is -0.341 e. The standard InChI is InChI=1S/C28H33BrF4N4O2/c1-19(38)36-9-11-37(12-10-36)26-17-35(18-26)8-7-21(20-3-5-25(30)6-4-20)16-34(2)27(39)22-13-23(28(31,32)33)15-24(29)14-22/h3-6,13-15,21,26H,7-12,16-18H2,1-2H3/t21-/m1/s1. The fourth-order valence-corrected chi connectivity index (χ4v) is 5.80. The highest BCUT2D eigenvalue weighted by Gasteiger charge is 2.35.